The molecule has 2 aliphatic heterocycles. The summed E-state index contributed by atoms with van der Waals surface area (Å²) in [6.45, 7) is 3.80. The topological polar surface area (TPSA) is 76.2 Å². The van der Waals surface area contributed by atoms with Crippen LogP contribution in [0.2, 0.25) is 0 Å². The molecule has 2 saturated heterocycles. The van der Waals surface area contributed by atoms with Crippen molar-refractivity contribution in [2.75, 3.05) is 33.9 Å². The summed E-state index contributed by atoms with van der Waals surface area (Å²) in [5, 5.41) is 0. The van der Waals surface area contributed by atoms with Gasteiger partial charge in [-0.25, -0.2) is 0 Å². The third-order valence-electron chi connectivity index (χ3n) is 6.98. The normalized spacial score (nSPS) is 22.7. The quantitative estimate of drug-likeness (QED) is 0.588. The highest BCUT2D eigenvalue weighted by Gasteiger charge is 2.53. The van der Waals surface area contributed by atoms with E-state index in [4.69, 9.17) is 9.47 Å². The molecule has 2 atom stereocenters. The molecule has 0 radical (unpaired) electrons. The first-order chi connectivity index (χ1) is 16.3. The van der Waals surface area contributed by atoms with Crippen LogP contribution >= 0.6 is 0 Å². The largest absolute Gasteiger partial charge is 0.497 e. The van der Waals surface area contributed by atoms with Crippen LogP contribution in [-0.4, -0.2) is 61.4 Å². The van der Waals surface area contributed by atoms with Crippen molar-refractivity contribution < 1.29 is 23.9 Å². The number of methoxy groups -OCH3 is 1. The number of piperidine rings is 1. The van der Waals surface area contributed by atoms with Gasteiger partial charge in [0.1, 0.15) is 11.5 Å². The summed E-state index contributed by atoms with van der Waals surface area (Å²) in [4.78, 5) is 42.2. The Bertz CT molecular complexity index is 1070. The third kappa shape index (κ3) is 4.79. The molecule has 2 aliphatic rings. The van der Waals surface area contributed by atoms with Gasteiger partial charge in [-0.05, 0) is 55.2 Å². The van der Waals surface area contributed by atoms with E-state index in [1.54, 1.807) is 31.4 Å². The van der Waals surface area contributed by atoms with Gasteiger partial charge < -0.3 is 14.4 Å². The first-order valence-corrected chi connectivity index (χ1v) is 11.7. The highest BCUT2D eigenvalue weighted by molar-refractivity contribution is 6.10. The van der Waals surface area contributed by atoms with E-state index in [1.807, 2.05) is 36.1 Å². The van der Waals surface area contributed by atoms with E-state index in [9.17, 15) is 14.4 Å². The van der Waals surface area contributed by atoms with Gasteiger partial charge in [-0.1, -0.05) is 24.3 Å². The van der Waals surface area contributed by atoms with Crippen LogP contribution in [-0.2, 0) is 19.8 Å². The van der Waals surface area contributed by atoms with Gasteiger partial charge in [0.15, 0.2) is 0 Å². The minimum Gasteiger partial charge on any atom is -0.497 e. The minimum absolute atomic E-state index is 0.00581. The number of amides is 3. The van der Waals surface area contributed by atoms with E-state index >= 15 is 0 Å². The minimum atomic E-state index is -1.18. The number of benzene rings is 2. The fourth-order valence-electron chi connectivity index (χ4n) is 4.98. The molecule has 0 saturated carbocycles. The Labute approximate surface area is 200 Å². The fourth-order valence-corrected chi connectivity index (χ4v) is 4.98. The molecular formula is C27H32N2O5. The Morgan fingerprint density at radius 2 is 1.88 bits per heavy atom. The molecule has 0 aliphatic carbocycles. The monoisotopic (exact) mass is 464 g/mol. The molecule has 2 fully saturated rings. The molecule has 0 bridgehead atoms. The Hall–Kier alpha value is -3.35. The summed E-state index contributed by atoms with van der Waals surface area (Å²) in [6.07, 6.45) is 1.84. The molecule has 4 rings (SSSR count). The lowest BCUT2D eigenvalue weighted by atomic mass is 9.75. The van der Waals surface area contributed by atoms with Gasteiger partial charge in [0.25, 0.3) is 0 Å². The zero-order chi connectivity index (χ0) is 24.3. The van der Waals surface area contributed by atoms with Gasteiger partial charge in [-0.15, -0.1) is 0 Å². The second-order valence-corrected chi connectivity index (χ2v) is 9.40. The van der Waals surface area contributed by atoms with E-state index < -0.39 is 5.41 Å². The van der Waals surface area contributed by atoms with Crippen molar-refractivity contribution in [2.24, 2.45) is 5.92 Å². The number of likely N-dealkylation sites (tertiary alicyclic amines) is 2. The molecule has 0 aromatic heterocycles. The number of carbonyl (C=O) groups excluding carboxylic acids is 3. The Morgan fingerprint density at radius 1 is 1.12 bits per heavy atom. The number of rotatable bonds is 7. The van der Waals surface area contributed by atoms with E-state index in [1.165, 1.54) is 7.05 Å². The maximum atomic E-state index is 13.5. The van der Waals surface area contributed by atoms with Gasteiger partial charge in [0.2, 0.25) is 17.7 Å². The highest BCUT2D eigenvalue weighted by atomic mass is 16.5. The van der Waals surface area contributed by atoms with Crippen molar-refractivity contribution in [1.82, 2.24) is 9.80 Å². The van der Waals surface area contributed by atoms with E-state index in [0.29, 0.717) is 31.0 Å². The summed E-state index contributed by atoms with van der Waals surface area (Å²) >= 11 is 0. The number of aryl methyl sites for hydroxylation is 1. The van der Waals surface area contributed by atoms with Crippen LogP contribution in [0.25, 0.3) is 0 Å². The number of likely N-dealkylation sites (N-methyl/N-ethyl adjacent to an activating group) is 1. The lowest BCUT2D eigenvalue weighted by Crippen LogP contribution is -2.46. The standard InChI is InChI=1S/C27H32N2O5/c1-19-6-4-8-23(14-19)34-18-20-7-5-13-29(17-20)25(31)16-27(15-24(30)28(2)26(27)32)21-9-11-22(33-3)12-10-21/h4,6,8-12,14,20H,5,7,13,15-18H2,1-3H3. The summed E-state index contributed by atoms with van der Waals surface area (Å²) in [7, 11) is 3.06. The zero-order valence-electron chi connectivity index (χ0n) is 20.1. The average Bonchev–Trinajstić information content (AvgIpc) is 3.07. The van der Waals surface area contributed by atoms with Crippen molar-refractivity contribution in [3.8, 4) is 11.5 Å². The smallest absolute Gasteiger partial charge is 0.240 e. The fraction of sp³-hybridized carbons (Fsp3) is 0.444. The second-order valence-electron chi connectivity index (χ2n) is 9.40. The first kappa shape index (κ1) is 23.8. The van der Waals surface area contributed by atoms with Crippen molar-refractivity contribution in [3.05, 3.63) is 59.7 Å². The van der Waals surface area contributed by atoms with Crippen LogP contribution in [0.3, 0.4) is 0 Å². The zero-order valence-corrected chi connectivity index (χ0v) is 20.1. The molecule has 2 heterocycles. The van der Waals surface area contributed by atoms with E-state index in [-0.39, 0.29) is 36.5 Å². The van der Waals surface area contributed by atoms with Crippen LogP contribution < -0.4 is 9.47 Å². The SMILES string of the molecule is COc1ccc(C2(CC(=O)N3CCCC(COc4cccc(C)c4)C3)CC(=O)N(C)C2=O)cc1. The molecule has 2 aromatic rings. The Kier molecular flexibility index (Phi) is 6.91. The lowest BCUT2D eigenvalue weighted by molar-refractivity contribution is -0.142. The summed E-state index contributed by atoms with van der Waals surface area (Å²) in [6, 6.07) is 15.0. The molecule has 2 aromatic carbocycles. The number of imide groups is 1. The van der Waals surface area contributed by atoms with Gasteiger partial charge in [0, 0.05) is 38.9 Å². The van der Waals surface area contributed by atoms with E-state index in [2.05, 4.69) is 0 Å². The summed E-state index contributed by atoms with van der Waals surface area (Å²) < 4.78 is 11.2. The van der Waals surface area contributed by atoms with Crippen LogP contribution in [0, 0.1) is 12.8 Å². The maximum absolute atomic E-state index is 13.5. The Morgan fingerprint density at radius 3 is 2.53 bits per heavy atom. The van der Waals surface area contributed by atoms with E-state index in [0.717, 1.165) is 29.1 Å². The molecular weight excluding hydrogens is 432 g/mol. The number of nitrogens with zero attached hydrogens (tertiary/aromatic N) is 2. The van der Waals surface area contributed by atoms with Crippen molar-refractivity contribution in [1.29, 1.82) is 0 Å². The molecule has 34 heavy (non-hydrogen) atoms. The van der Waals surface area contributed by atoms with Crippen LogP contribution in [0.1, 0.15) is 36.8 Å². The maximum Gasteiger partial charge on any atom is 0.240 e. The predicted octanol–water partition coefficient (Wildman–Crippen LogP) is 3.34. The number of ether oxygens (including phenoxy) is 2. The van der Waals surface area contributed by atoms with Crippen molar-refractivity contribution in [2.45, 2.75) is 38.0 Å². The predicted molar refractivity (Wildman–Crippen MR) is 128 cm³/mol. The van der Waals surface area contributed by atoms with Crippen LogP contribution in [0.4, 0.5) is 0 Å². The lowest BCUT2D eigenvalue weighted by Gasteiger charge is -2.35. The Balaban J connectivity index is 1.47. The third-order valence-corrected chi connectivity index (χ3v) is 6.98. The van der Waals surface area contributed by atoms with Crippen molar-refractivity contribution >= 4 is 17.7 Å². The highest BCUT2D eigenvalue weighted by Crippen LogP contribution is 2.40. The number of carbonyl (C=O) groups is 3. The van der Waals surface area contributed by atoms with Gasteiger partial charge in [0.05, 0.1) is 19.1 Å². The molecule has 2 unspecified atom stereocenters. The van der Waals surface area contributed by atoms with Gasteiger partial charge in [-0.3, -0.25) is 19.3 Å². The second kappa shape index (κ2) is 9.87. The molecule has 7 nitrogen and oxygen atoms in total. The summed E-state index contributed by atoms with van der Waals surface area (Å²) in [5.41, 5.74) is 0.628. The average molecular weight is 465 g/mol. The number of hydrogen-bond acceptors (Lipinski definition) is 5. The molecule has 0 spiro atoms. The molecule has 0 N–H and O–H groups in total. The summed E-state index contributed by atoms with van der Waals surface area (Å²) in [5.74, 6) is 1.01. The molecule has 3 amide bonds. The van der Waals surface area contributed by atoms with Crippen LogP contribution in [0.15, 0.2) is 48.5 Å². The van der Waals surface area contributed by atoms with Crippen molar-refractivity contribution in [3.63, 3.8) is 0 Å². The molecule has 180 valence electrons. The van der Waals surface area contributed by atoms with Crippen LogP contribution in [0.5, 0.6) is 11.5 Å². The first-order valence-electron chi connectivity index (χ1n) is 11.7. The number of hydrogen-bond donors (Lipinski definition) is 0. The van der Waals surface area contributed by atoms with Gasteiger partial charge >= 0.3 is 0 Å². The molecule has 7 heteroatoms. The van der Waals surface area contributed by atoms with Gasteiger partial charge in [-0.2, -0.15) is 0 Å².